The van der Waals surface area contributed by atoms with Gasteiger partial charge < -0.3 is 14.5 Å². The maximum absolute atomic E-state index is 5.97. The van der Waals surface area contributed by atoms with Gasteiger partial charge in [-0.25, -0.2) is 0 Å². The third-order valence-corrected chi connectivity index (χ3v) is 4.40. The number of hydrogen-bond acceptors (Lipinski definition) is 3. The van der Waals surface area contributed by atoms with Gasteiger partial charge in [-0.05, 0) is 60.5 Å². The van der Waals surface area contributed by atoms with E-state index >= 15 is 0 Å². The molecular formula is C20H20BrNO2. The first-order valence-corrected chi connectivity index (χ1v) is 8.64. The Kier molecular flexibility index (Phi) is 5.38. The molecule has 1 N–H and O–H groups in total. The van der Waals surface area contributed by atoms with E-state index in [-0.39, 0.29) is 0 Å². The van der Waals surface area contributed by atoms with Crippen LogP contribution in [0.15, 0.2) is 63.5 Å². The number of methoxy groups -OCH3 is 1. The van der Waals surface area contributed by atoms with Crippen molar-refractivity contribution >= 4 is 15.9 Å². The highest BCUT2D eigenvalue weighted by atomic mass is 79.9. The fourth-order valence-electron chi connectivity index (χ4n) is 2.59. The highest BCUT2D eigenvalue weighted by Gasteiger charge is 2.08. The zero-order valence-electron chi connectivity index (χ0n) is 13.8. The number of ether oxygens (including phenoxy) is 1. The average molecular weight is 386 g/mol. The van der Waals surface area contributed by atoms with Crippen molar-refractivity contribution in [2.75, 3.05) is 7.11 Å². The minimum atomic E-state index is 0.696. The van der Waals surface area contributed by atoms with Crippen molar-refractivity contribution in [3.05, 3.63) is 76.0 Å². The maximum atomic E-state index is 5.97. The smallest absolute Gasteiger partial charge is 0.134 e. The monoisotopic (exact) mass is 385 g/mol. The van der Waals surface area contributed by atoms with Crippen molar-refractivity contribution in [1.82, 2.24) is 5.32 Å². The fourth-order valence-corrected chi connectivity index (χ4v) is 3.07. The molecule has 2 aromatic carbocycles. The van der Waals surface area contributed by atoms with Crippen LogP contribution in [0.1, 0.15) is 16.9 Å². The number of furan rings is 1. The SMILES string of the molecule is COc1ccc(CNCc2ccc(-c3ccc(Br)cc3C)o2)cc1. The summed E-state index contributed by atoms with van der Waals surface area (Å²) in [4.78, 5) is 0. The second-order valence-electron chi connectivity index (χ2n) is 5.68. The summed E-state index contributed by atoms with van der Waals surface area (Å²) in [7, 11) is 1.68. The van der Waals surface area contributed by atoms with Gasteiger partial charge in [0.2, 0.25) is 0 Å². The first kappa shape index (κ1) is 16.8. The molecule has 3 nitrogen and oxygen atoms in total. The minimum absolute atomic E-state index is 0.696. The first-order chi connectivity index (χ1) is 11.7. The lowest BCUT2D eigenvalue weighted by Crippen LogP contribution is -2.11. The quantitative estimate of drug-likeness (QED) is 0.623. The third kappa shape index (κ3) is 4.08. The van der Waals surface area contributed by atoms with E-state index in [2.05, 4.69) is 52.4 Å². The van der Waals surface area contributed by atoms with Crippen LogP contribution in [-0.4, -0.2) is 7.11 Å². The van der Waals surface area contributed by atoms with Crippen LogP contribution in [0.3, 0.4) is 0 Å². The molecule has 1 heterocycles. The molecule has 124 valence electrons. The summed E-state index contributed by atoms with van der Waals surface area (Å²) in [5, 5.41) is 3.40. The first-order valence-electron chi connectivity index (χ1n) is 7.84. The van der Waals surface area contributed by atoms with Gasteiger partial charge in [0.05, 0.1) is 13.7 Å². The van der Waals surface area contributed by atoms with E-state index in [1.54, 1.807) is 7.11 Å². The van der Waals surface area contributed by atoms with Crippen molar-refractivity contribution in [2.45, 2.75) is 20.0 Å². The van der Waals surface area contributed by atoms with Crippen molar-refractivity contribution < 1.29 is 9.15 Å². The van der Waals surface area contributed by atoms with Crippen LogP contribution < -0.4 is 10.1 Å². The molecule has 0 atom stereocenters. The molecule has 0 aliphatic carbocycles. The van der Waals surface area contributed by atoms with Gasteiger partial charge in [0, 0.05) is 16.6 Å². The van der Waals surface area contributed by atoms with Gasteiger partial charge in [0.1, 0.15) is 17.3 Å². The number of halogens is 1. The van der Waals surface area contributed by atoms with Gasteiger partial charge in [0.25, 0.3) is 0 Å². The number of benzene rings is 2. The predicted molar refractivity (Wildman–Crippen MR) is 100 cm³/mol. The van der Waals surface area contributed by atoms with Crippen LogP contribution in [0, 0.1) is 6.92 Å². The lowest BCUT2D eigenvalue weighted by atomic mass is 10.1. The summed E-state index contributed by atoms with van der Waals surface area (Å²) in [5.41, 5.74) is 3.53. The molecule has 0 spiro atoms. The predicted octanol–water partition coefficient (Wildman–Crippen LogP) is 5.32. The molecule has 24 heavy (non-hydrogen) atoms. The van der Waals surface area contributed by atoms with Crippen LogP contribution in [0.2, 0.25) is 0 Å². The summed E-state index contributed by atoms with van der Waals surface area (Å²) >= 11 is 3.49. The lowest BCUT2D eigenvalue weighted by Gasteiger charge is -2.05. The summed E-state index contributed by atoms with van der Waals surface area (Å²) in [5.74, 6) is 2.71. The Labute approximate surface area is 150 Å². The third-order valence-electron chi connectivity index (χ3n) is 3.90. The molecule has 0 bridgehead atoms. The zero-order valence-corrected chi connectivity index (χ0v) is 15.4. The standard InChI is InChI=1S/C20H20BrNO2/c1-14-11-16(21)5-9-19(14)20-10-8-18(24-20)13-22-12-15-3-6-17(23-2)7-4-15/h3-11,22H,12-13H2,1-2H3. The van der Waals surface area contributed by atoms with Gasteiger partial charge in [-0.1, -0.05) is 28.1 Å². The van der Waals surface area contributed by atoms with Crippen LogP contribution in [-0.2, 0) is 13.1 Å². The highest BCUT2D eigenvalue weighted by Crippen LogP contribution is 2.27. The minimum Gasteiger partial charge on any atom is -0.497 e. The van der Waals surface area contributed by atoms with Crippen LogP contribution in [0.25, 0.3) is 11.3 Å². The summed E-state index contributed by atoms with van der Waals surface area (Å²) in [6.07, 6.45) is 0. The summed E-state index contributed by atoms with van der Waals surface area (Å²) < 4.78 is 12.2. The molecule has 0 aliphatic heterocycles. The van der Waals surface area contributed by atoms with Crippen molar-refractivity contribution in [1.29, 1.82) is 0 Å². The topological polar surface area (TPSA) is 34.4 Å². The Balaban J connectivity index is 1.59. The molecule has 1 aromatic heterocycles. The van der Waals surface area contributed by atoms with Crippen LogP contribution >= 0.6 is 15.9 Å². The van der Waals surface area contributed by atoms with Crippen LogP contribution in [0.5, 0.6) is 5.75 Å². The molecule has 0 saturated heterocycles. The Hall–Kier alpha value is -2.04. The number of aryl methyl sites for hydroxylation is 1. The van der Waals surface area contributed by atoms with E-state index < -0.39 is 0 Å². The molecule has 3 aromatic rings. The maximum Gasteiger partial charge on any atom is 0.134 e. The Morgan fingerprint density at radius 2 is 1.79 bits per heavy atom. The number of nitrogens with one attached hydrogen (secondary N) is 1. The zero-order chi connectivity index (χ0) is 16.9. The molecule has 0 amide bonds. The number of hydrogen-bond donors (Lipinski definition) is 1. The average Bonchev–Trinajstić information content (AvgIpc) is 3.04. The Morgan fingerprint density at radius 1 is 1.00 bits per heavy atom. The molecule has 3 rings (SSSR count). The van der Waals surface area contributed by atoms with Gasteiger partial charge >= 0.3 is 0 Å². The highest BCUT2D eigenvalue weighted by molar-refractivity contribution is 9.10. The van der Waals surface area contributed by atoms with E-state index in [9.17, 15) is 0 Å². The molecule has 0 aliphatic rings. The van der Waals surface area contributed by atoms with Crippen molar-refractivity contribution in [3.8, 4) is 17.1 Å². The van der Waals surface area contributed by atoms with Gasteiger partial charge in [-0.3, -0.25) is 0 Å². The van der Waals surface area contributed by atoms with Gasteiger partial charge in [-0.2, -0.15) is 0 Å². The van der Waals surface area contributed by atoms with Crippen LogP contribution in [0.4, 0.5) is 0 Å². The lowest BCUT2D eigenvalue weighted by molar-refractivity contribution is 0.414. The van der Waals surface area contributed by atoms with E-state index in [1.165, 1.54) is 11.1 Å². The molecule has 0 unspecified atom stereocenters. The van der Waals surface area contributed by atoms with Gasteiger partial charge in [0.15, 0.2) is 0 Å². The second kappa shape index (κ2) is 7.69. The van der Waals surface area contributed by atoms with E-state index in [0.717, 1.165) is 33.9 Å². The molecule has 4 heteroatoms. The normalized spacial score (nSPS) is 10.8. The Bertz CT molecular complexity index is 809. The second-order valence-corrected chi connectivity index (χ2v) is 6.59. The van der Waals surface area contributed by atoms with Gasteiger partial charge in [-0.15, -0.1) is 0 Å². The molecule has 0 fully saturated rings. The van der Waals surface area contributed by atoms with Crippen molar-refractivity contribution in [3.63, 3.8) is 0 Å². The molecular weight excluding hydrogens is 366 g/mol. The largest absolute Gasteiger partial charge is 0.497 e. The van der Waals surface area contributed by atoms with E-state index in [4.69, 9.17) is 9.15 Å². The molecule has 0 saturated carbocycles. The Morgan fingerprint density at radius 3 is 2.50 bits per heavy atom. The van der Waals surface area contributed by atoms with Crippen molar-refractivity contribution in [2.24, 2.45) is 0 Å². The van der Waals surface area contributed by atoms with E-state index in [0.29, 0.717) is 6.54 Å². The summed E-state index contributed by atoms with van der Waals surface area (Å²) in [6.45, 7) is 3.57. The number of rotatable bonds is 6. The molecule has 0 radical (unpaired) electrons. The summed E-state index contributed by atoms with van der Waals surface area (Å²) in [6, 6.07) is 18.3. The van der Waals surface area contributed by atoms with E-state index in [1.807, 2.05) is 30.3 Å². The fraction of sp³-hybridized carbons (Fsp3) is 0.200.